The minimum atomic E-state index is -0.108. The van der Waals surface area contributed by atoms with E-state index in [1.165, 1.54) is 0 Å². The van der Waals surface area contributed by atoms with Crippen molar-refractivity contribution in [3.05, 3.63) is 34.1 Å². The average molecular weight is 312 g/mol. The molecule has 2 heterocycles. The Morgan fingerprint density at radius 1 is 1.50 bits per heavy atom. The van der Waals surface area contributed by atoms with E-state index in [-0.39, 0.29) is 6.04 Å². The van der Waals surface area contributed by atoms with Crippen molar-refractivity contribution in [3.8, 4) is 0 Å². The van der Waals surface area contributed by atoms with Crippen molar-refractivity contribution in [1.29, 1.82) is 0 Å². The van der Waals surface area contributed by atoms with E-state index in [9.17, 15) is 0 Å². The van der Waals surface area contributed by atoms with Gasteiger partial charge in [0.2, 0.25) is 0 Å². The molecule has 2 N–H and O–H groups in total. The van der Waals surface area contributed by atoms with Crippen LogP contribution in [0.25, 0.3) is 0 Å². The summed E-state index contributed by atoms with van der Waals surface area (Å²) in [5, 5.41) is 4.47. The van der Waals surface area contributed by atoms with Crippen molar-refractivity contribution in [3.63, 3.8) is 0 Å². The van der Waals surface area contributed by atoms with Crippen LogP contribution in [0.15, 0.2) is 17.0 Å². The Morgan fingerprint density at radius 3 is 2.78 bits per heavy atom. The van der Waals surface area contributed by atoms with Crippen molar-refractivity contribution < 1.29 is 0 Å². The number of nitrogens with zero attached hydrogens (tertiary/aromatic N) is 4. The Morgan fingerprint density at radius 2 is 2.22 bits per heavy atom. The molecule has 0 fully saturated rings. The number of rotatable bonds is 4. The van der Waals surface area contributed by atoms with Crippen LogP contribution < -0.4 is 5.73 Å². The van der Waals surface area contributed by atoms with E-state index in [1.807, 2.05) is 29.4 Å². The summed E-state index contributed by atoms with van der Waals surface area (Å²) in [6, 6.07) is -0.108. The maximum absolute atomic E-state index is 6.20. The molecule has 0 aliphatic heterocycles. The van der Waals surface area contributed by atoms with Gasteiger partial charge in [-0.1, -0.05) is 0 Å². The van der Waals surface area contributed by atoms with Gasteiger partial charge in [0.25, 0.3) is 0 Å². The van der Waals surface area contributed by atoms with E-state index in [4.69, 9.17) is 5.73 Å². The zero-order chi connectivity index (χ0) is 13.3. The van der Waals surface area contributed by atoms with Gasteiger partial charge >= 0.3 is 0 Å². The molecule has 2 aromatic rings. The van der Waals surface area contributed by atoms with Crippen LogP contribution in [0.2, 0.25) is 0 Å². The maximum Gasteiger partial charge on any atom is 0.0947 e. The Balaban J connectivity index is 2.23. The van der Waals surface area contributed by atoms with Crippen molar-refractivity contribution in [2.75, 3.05) is 0 Å². The molecule has 0 saturated carbocycles. The Kier molecular flexibility index (Phi) is 3.87. The lowest BCUT2D eigenvalue weighted by atomic mass is 10.1. The second-order valence-electron chi connectivity index (χ2n) is 4.44. The monoisotopic (exact) mass is 311 g/mol. The Bertz CT molecular complexity index is 543. The number of aromatic nitrogens is 4. The maximum atomic E-state index is 6.20. The average Bonchev–Trinajstić information content (AvgIpc) is 2.88. The minimum Gasteiger partial charge on any atom is -0.340 e. The highest BCUT2D eigenvalue weighted by molar-refractivity contribution is 9.10. The molecule has 6 heteroatoms. The summed E-state index contributed by atoms with van der Waals surface area (Å²) in [5.41, 5.74) is 9.25. The summed E-state index contributed by atoms with van der Waals surface area (Å²) in [5.74, 6) is 0. The molecule has 0 radical (unpaired) electrons. The first kappa shape index (κ1) is 13.3. The van der Waals surface area contributed by atoms with Crippen molar-refractivity contribution in [2.45, 2.75) is 32.9 Å². The topological polar surface area (TPSA) is 61.7 Å². The predicted octanol–water partition coefficient (Wildman–Crippen LogP) is 1.95. The van der Waals surface area contributed by atoms with Crippen LogP contribution in [-0.2, 0) is 20.0 Å². The third-order valence-electron chi connectivity index (χ3n) is 2.97. The van der Waals surface area contributed by atoms with E-state index < -0.39 is 0 Å². The van der Waals surface area contributed by atoms with Gasteiger partial charge in [0.15, 0.2) is 0 Å². The first-order valence-corrected chi connectivity index (χ1v) is 6.77. The zero-order valence-corrected chi connectivity index (χ0v) is 12.5. The van der Waals surface area contributed by atoms with Crippen LogP contribution in [-0.4, -0.2) is 19.3 Å². The Labute approximate surface area is 115 Å². The lowest BCUT2D eigenvalue weighted by Crippen LogP contribution is -2.16. The first-order valence-electron chi connectivity index (χ1n) is 5.98. The van der Waals surface area contributed by atoms with Gasteiger partial charge in [-0.15, -0.1) is 0 Å². The van der Waals surface area contributed by atoms with Crippen molar-refractivity contribution in [1.82, 2.24) is 19.3 Å². The van der Waals surface area contributed by atoms with Gasteiger partial charge in [-0.25, -0.2) is 4.98 Å². The molecule has 2 rings (SSSR count). The summed E-state index contributed by atoms with van der Waals surface area (Å²) in [7, 11) is 1.94. The van der Waals surface area contributed by atoms with E-state index in [1.54, 1.807) is 6.33 Å². The second kappa shape index (κ2) is 5.24. The number of hydrogen-bond acceptors (Lipinski definition) is 3. The fourth-order valence-corrected chi connectivity index (χ4v) is 2.45. The molecule has 0 aliphatic rings. The van der Waals surface area contributed by atoms with Crippen molar-refractivity contribution >= 4 is 15.9 Å². The summed E-state index contributed by atoms with van der Waals surface area (Å²) in [6.07, 6.45) is 4.46. The molecule has 0 aromatic carbocycles. The smallest absolute Gasteiger partial charge is 0.0947 e. The molecule has 0 aliphatic carbocycles. The molecule has 0 bridgehead atoms. The summed E-state index contributed by atoms with van der Waals surface area (Å²) >= 11 is 3.58. The van der Waals surface area contributed by atoms with E-state index in [0.717, 1.165) is 34.5 Å². The standard InChI is InChI=1S/C12H18BrN5/c1-4-18-11(12(13)8(2)16-18)5-9(14)10-6-17(3)7-15-10/h6-7,9H,4-5,14H2,1-3H3. The fourth-order valence-electron chi connectivity index (χ4n) is 2.00. The van der Waals surface area contributed by atoms with Gasteiger partial charge in [-0.2, -0.15) is 5.10 Å². The largest absolute Gasteiger partial charge is 0.340 e. The molecule has 2 aromatic heterocycles. The van der Waals surface area contributed by atoms with Gasteiger partial charge in [0.05, 0.1) is 33.9 Å². The molecule has 0 spiro atoms. The summed E-state index contributed by atoms with van der Waals surface area (Å²) < 4.78 is 4.95. The van der Waals surface area contributed by atoms with Crippen LogP contribution in [0.3, 0.4) is 0 Å². The number of nitrogens with two attached hydrogens (primary N) is 1. The predicted molar refractivity (Wildman–Crippen MR) is 74.2 cm³/mol. The van der Waals surface area contributed by atoms with Crippen LogP contribution in [0.5, 0.6) is 0 Å². The van der Waals surface area contributed by atoms with E-state index in [2.05, 4.69) is 32.9 Å². The molecular weight excluding hydrogens is 294 g/mol. The second-order valence-corrected chi connectivity index (χ2v) is 5.23. The van der Waals surface area contributed by atoms with Crippen molar-refractivity contribution in [2.24, 2.45) is 12.8 Å². The first-order chi connectivity index (χ1) is 8.52. The van der Waals surface area contributed by atoms with Gasteiger partial charge in [0.1, 0.15) is 0 Å². The third kappa shape index (κ3) is 2.49. The molecule has 18 heavy (non-hydrogen) atoms. The number of hydrogen-bond donors (Lipinski definition) is 1. The van der Waals surface area contributed by atoms with E-state index in [0.29, 0.717) is 0 Å². The third-order valence-corrected chi connectivity index (χ3v) is 4.00. The molecule has 0 amide bonds. The molecular formula is C12H18BrN5. The fraction of sp³-hybridized carbons (Fsp3) is 0.500. The SMILES string of the molecule is CCn1nc(C)c(Br)c1CC(N)c1cn(C)cn1. The highest BCUT2D eigenvalue weighted by Crippen LogP contribution is 2.25. The van der Waals surface area contributed by atoms with Gasteiger partial charge in [0, 0.05) is 26.2 Å². The van der Waals surface area contributed by atoms with Crippen LogP contribution in [0.4, 0.5) is 0 Å². The normalized spacial score (nSPS) is 12.9. The summed E-state index contributed by atoms with van der Waals surface area (Å²) in [6.45, 7) is 4.91. The Hall–Kier alpha value is -1.14. The van der Waals surface area contributed by atoms with Gasteiger partial charge in [-0.3, -0.25) is 4.68 Å². The number of aryl methyl sites for hydroxylation is 3. The molecule has 1 atom stereocenters. The lowest BCUT2D eigenvalue weighted by molar-refractivity contribution is 0.582. The lowest BCUT2D eigenvalue weighted by Gasteiger charge is -2.11. The molecule has 5 nitrogen and oxygen atoms in total. The number of halogens is 1. The van der Waals surface area contributed by atoms with E-state index >= 15 is 0 Å². The zero-order valence-electron chi connectivity index (χ0n) is 10.9. The number of imidazole rings is 1. The van der Waals surface area contributed by atoms with Gasteiger partial charge in [-0.05, 0) is 29.8 Å². The molecule has 98 valence electrons. The van der Waals surface area contributed by atoms with Crippen LogP contribution in [0.1, 0.15) is 30.0 Å². The molecule has 0 saturated heterocycles. The molecule has 1 unspecified atom stereocenters. The minimum absolute atomic E-state index is 0.108. The highest BCUT2D eigenvalue weighted by Gasteiger charge is 2.17. The van der Waals surface area contributed by atoms with Crippen LogP contribution >= 0.6 is 15.9 Å². The van der Waals surface area contributed by atoms with Gasteiger partial charge < -0.3 is 10.3 Å². The quantitative estimate of drug-likeness (QED) is 0.938. The highest BCUT2D eigenvalue weighted by atomic mass is 79.9. The summed E-state index contributed by atoms with van der Waals surface area (Å²) in [4.78, 5) is 4.30. The van der Waals surface area contributed by atoms with Crippen LogP contribution in [0, 0.1) is 6.92 Å².